The van der Waals surface area contributed by atoms with E-state index in [0.717, 1.165) is 5.56 Å². The Morgan fingerprint density at radius 3 is 2.67 bits per heavy atom. The molecule has 4 rings (SSSR count). The van der Waals surface area contributed by atoms with Gasteiger partial charge in [-0.05, 0) is 35.9 Å². The van der Waals surface area contributed by atoms with Crippen LogP contribution >= 0.6 is 0 Å². The summed E-state index contributed by atoms with van der Waals surface area (Å²) in [7, 11) is 1.51. The summed E-state index contributed by atoms with van der Waals surface area (Å²) >= 11 is 0. The normalized spacial score (nSPS) is 17.9. The predicted octanol–water partition coefficient (Wildman–Crippen LogP) is 3.11. The fraction of sp³-hybridized carbons (Fsp3) is 0.130. The van der Waals surface area contributed by atoms with Gasteiger partial charge in [0.25, 0.3) is 11.7 Å². The maximum atomic E-state index is 13.0. The van der Waals surface area contributed by atoms with E-state index in [2.05, 4.69) is 9.97 Å². The third-order valence-corrected chi connectivity index (χ3v) is 4.93. The van der Waals surface area contributed by atoms with E-state index >= 15 is 0 Å². The van der Waals surface area contributed by atoms with E-state index < -0.39 is 17.7 Å². The lowest BCUT2D eigenvalue weighted by Crippen LogP contribution is -2.29. The number of ether oxygens (including phenoxy) is 1. The fourth-order valence-electron chi connectivity index (χ4n) is 3.50. The first-order valence-electron chi connectivity index (χ1n) is 9.33. The molecule has 1 atom stereocenters. The van der Waals surface area contributed by atoms with E-state index in [-0.39, 0.29) is 17.9 Å². The van der Waals surface area contributed by atoms with Gasteiger partial charge < -0.3 is 14.7 Å². The zero-order valence-corrected chi connectivity index (χ0v) is 16.2. The smallest absolute Gasteiger partial charge is 0.296 e. The molecule has 1 aliphatic rings. The van der Waals surface area contributed by atoms with E-state index in [1.807, 2.05) is 6.07 Å². The number of hydrogen-bond donors (Lipinski definition) is 1. The van der Waals surface area contributed by atoms with Crippen molar-refractivity contribution in [3.8, 4) is 5.75 Å². The maximum absolute atomic E-state index is 13.0. The minimum atomic E-state index is -0.822. The van der Waals surface area contributed by atoms with Crippen molar-refractivity contribution in [2.45, 2.75) is 12.6 Å². The summed E-state index contributed by atoms with van der Waals surface area (Å²) in [6.07, 6.45) is 4.86. The van der Waals surface area contributed by atoms with E-state index in [4.69, 9.17) is 4.74 Å². The number of pyridine rings is 2. The molecule has 30 heavy (non-hydrogen) atoms. The number of Topliss-reactive ketones (excluding diaryl/α,β-unsaturated/α-hetero) is 1. The highest BCUT2D eigenvalue weighted by molar-refractivity contribution is 6.46. The van der Waals surface area contributed by atoms with Gasteiger partial charge in [0.05, 0.1) is 18.4 Å². The number of benzene rings is 1. The van der Waals surface area contributed by atoms with Gasteiger partial charge in [-0.2, -0.15) is 0 Å². The second-order valence-corrected chi connectivity index (χ2v) is 6.77. The highest BCUT2D eigenvalue weighted by Gasteiger charge is 2.46. The van der Waals surface area contributed by atoms with Gasteiger partial charge in [-0.1, -0.05) is 24.3 Å². The molecule has 7 heteroatoms. The Morgan fingerprint density at radius 2 is 1.97 bits per heavy atom. The van der Waals surface area contributed by atoms with Gasteiger partial charge in [0, 0.05) is 30.7 Å². The Kier molecular flexibility index (Phi) is 5.26. The predicted molar refractivity (Wildman–Crippen MR) is 109 cm³/mol. The van der Waals surface area contributed by atoms with Crippen LogP contribution in [0.1, 0.15) is 22.9 Å². The average molecular weight is 401 g/mol. The Balaban J connectivity index is 1.85. The van der Waals surface area contributed by atoms with E-state index in [0.29, 0.717) is 17.0 Å². The van der Waals surface area contributed by atoms with Crippen molar-refractivity contribution in [2.75, 3.05) is 7.11 Å². The minimum Gasteiger partial charge on any atom is -0.507 e. The molecule has 0 aliphatic carbocycles. The first kappa shape index (κ1) is 19.3. The highest BCUT2D eigenvalue weighted by atomic mass is 16.5. The summed E-state index contributed by atoms with van der Waals surface area (Å²) < 4.78 is 5.21. The van der Waals surface area contributed by atoms with Crippen LogP contribution in [0.25, 0.3) is 5.76 Å². The van der Waals surface area contributed by atoms with Crippen LogP contribution in [0, 0.1) is 0 Å². The van der Waals surface area contributed by atoms with Gasteiger partial charge in [-0.3, -0.25) is 19.6 Å². The third-order valence-electron chi connectivity index (χ3n) is 4.93. The summed E-state index contributed by atoms with van der Waals surface area (Å²) in [4.78, 5) is 35.7. The Morgan fingerprint density at radius 1 is 1.10 bits per heavy atom. The number of nitrogens with zero attached hydrogens (tertiary/aromatic N) is 3. The lowest BCUT2D eigenvalue weighted by molar-refractivity contribution is -0.140. The summed E-state index contributed by atoms with van der Waals surface area (Å²) in [6.45, 7) is 0.161. The number of carbonyl (C=O) groups is 2. The lowest BCUT2D eigenvalue weighted by Gasteiger charge is -2.24. The van der Waals surface area contributed by atoms with Crippen LogP contribution in [0.2, 0.25) is 0 Å². The molecule has 0 saturated carbocycles. The molecule has 0 bridgehead atoms. The van der Waals surface area contributed by atoms with Crippen LogP contribution in [0.4, 0.5) is 0 Å². The lowest BCUT2D eigenvalue weighted by atomic mass is 9.98. The second-order valence-electron chi connectivity index (χ2n) is 6.77. The van der Waals surface area contributed by atoms with Gasteiger partial charge >= 0.3 is 0 Å². The number of aliphatic hydroxyl groups excluding tert-OH is 1. The van der Waals surface area contributed by atoms with Crippen LogP contribution in [0.5, 0.6) is 5.75 Å². The molecule has 0 unspecified atom stereocenters. The number of amides is 1. The van der Waals surface area contributed by atoms with Crippen molar-refractivity contribution in [3.05, 3.63) is 95.6 Å². The molecule has 3 heterocycles. The van der Waals surface area contributed by atoms with E-state index in [1.165, 1.54) is 12.0 Å². The van der Waals surface area contributed by atoms with E-state index in [9.17, 15) is 14.7 Å². The van der Waals surface area contributed by atoms with Crippen molar-refractivity contribution >= 4 is 17.4 Å². The molecule has 0 spiro atoms. The molecule has 1 aromatic carbocycles. The number of aromatic nitrogens is 2. The van der Waals surface area contributed by atoms with Crippen molar-refractivity contribution in [2.24, 2.45) is 0 Å². The van der Waals surface area contributed by atoms with Crippen molar-refractivity contribution in [1.82, 2.24) is 14.9 Å². The second kappa shape index (κ2) is 8.16. The first-order chi connectivity index (χ1) is 14.6. The molecule has 150 valence electrons. The fourth-order valence-corrected chi connectivity index (χ4v) is 3.50. The first-order valence-corrected chi connectivity index (χ1v) is 9.33. The number of hydrogen-bond acceptors (Lipinski definition) is 6. The molecule has 1 amide bonds. The number of ketones is 1. The Hall–Kier alpha value is -4.00. The zero-order chi connectivity index (χ0) is 21.1. The quantitative estimate of drug-likeness (QED) is 0.401. The standard InChI is InChI=1S/C23H19N3O4/c1-30-17-8-4-7-16(12-17)21(27)19-20(18-9-2-3-11-25-18)26(23(29)22(19)28)14-15-6-5-10-24-13-15/h2-13,20,27H,14H2,1H3/b21-19+/t20-/m1/s1. The number of methoxy groups -OCH3 is 1. The summed E-state index contributed by atoms with van der Waals surface area (Å²) in [6, 6.07) is 14.7. The van der Waals surface area contributed by atoms with Crippen molar-refractivity contribution < 1.29 is 19.4 Å². The number of likely N-dealkylation sites (tertiary alicyclic amines) is 1. The van der Waals surface area contributed by atoms with Crippen LogP contribution in [-0.4, -0.2) is 38.8 Å². The molecule has 2 aromatic heterocycles. The summed E-state index contributed by atoms with van der Waals surface area (Å²) in [5, 5.41) is 11.0. The monoisotopic (exact) mass is 401 g/mol. The minimum absolute atomic E-state index is 0.00385. The van der Waals surface area contributed by atoms with Crippen LogP contribution in [-0.2, 0) is 16.1 Å². The zero-order valence-electron chi connectivity index (χ0n) is 16.2. The SMILES string of the molecule is COc1cccc(/C(O)=C2\C(=O)C(=O)N(Cc3cccnc3)[C@@H]2c2ccccn2)c1. The molecule has 3 aromatic rings. The Bertz CT molecular complexity index is 1110. The molecule has 1 saturated heterocycles. The van der Waals surface area contributed by atoms with Crippen molar-refractivity contribution in [1.29, 1.82) is 0 Å². The average Bonchev–Trinajstić information content (AvgIpc) is 3.05. The Labute approximate surface area is 173 Å². The van der Waals surface area contributed by atoms with Gasteiger partial charge in [-0.15, -0.1) is 0 Å². The van der Waals surface area contributed by atoms with Crippen LogP contribution in [0.15, 0.2) is 78.8 Å². The molecular formula is C23H19N3O4. The topological polar surface area (TPSA) is 92.6 Å². The van der Waals surface area contributed by atoms with Crippen molar-refractivity contribution in [3.63, 3.8) is 0 Å². The number of rotatable bonds is 5. The maximum Gasteiger partial charge on any atom is 0.296 e. The molecule has 1 N–H and O–H groups in total. The summed E-state index contributed by atoms with van der Waals surface area (Å²) in [5.74, 6) is -1.19. The molecular weight excluding hydrogens is 382 g/mol. The van der Waals surface area contributed by atoms with Gasteiger partial charge in [-0.25, -0.2) is 0 Å². The summed E-state index contributed by atoms with van der Waals surface area (Å²) in [5.41, 5.74) is 1.64. The number of carbonyl (C=O) groups excluding carboxylic acids is 2. The van der Waals surface area contributed by atoms with Crippen LogP contribution < -0.4 is 4.74 Å². The largest absolute Gasteiger partial charge is 0.507 e. The van der Waals surface area contributed by atoms with Gasteiger partial charge in [0.15, 0.2) is 0 Å². The molecule has 1 aliphatic heterocycles. The number of aliphatic hydroxyl groups is 1. The molecule has 1 fully saturated rings. The van der Waals surface area contributed by atoms with Gasteiger partial charge in [0.1, 0.15) is 17.6 Å². The van der Waals surface area contributed by atoms with Gasteiger partial charge in [0.2, 0.25) is 0 Å². The molecule has 7 nitrogen and oxygen atoms in total. The van der Waals surface area contributed by atoms with E-state index in [1.54, 1.807) is 67.1 Å². The molecule has 0 radical (unpaired) electrons. The third kappa shape index (κ3) is 3.53. The van der Waals surface area contributed by atoms with Crippen LogP contribution in [0.3, 0.4) is 0 Å². The highest BCUT2D eigenvalue weighted by Crippen LogP contribution is 2.39.